The highest BCUT2D eigenvalue weighted by atomic mass is 16.5. The zero-order chi connectivity index (χ0) is 13.1. The van der Waals surface area contributed by atoms with Crippen LogP contribution < -0.4 is 10.1 Å². The zero-order valence-electron chi connectivity index (χ0n) is 12.0. The SMILES string of the molecule is CCC1(CNCCc2ccc3c(c2)CCO3)CCC1. The minimum Gasteiger partial charge on any atom is -0.493 e. The Kier molecular flexibility index (Phi) is 3.79. The van der Waals surface area contributed by atoms with Crippen molar-refractivity contribution < 1.29 is 4.74 Å². The molecule has 0 amide bonds. The fraction of sp³-hybridized carbons (Fsp3) is 0.647. The predicted molar refractivity (Wildman–Crippen MR) is 78.8 cm³/mol. The summed E-state index contributed by atoms with van der Waals surface area (Å²) in [5, 5.41) is 3.66. The third-order valence-electron chi connectivity index (χ3n) is 5.01. The van der Waals surface area contributed by atoms with E-state index in [1.165, 1.54) is 43.4 Å². The van der Waals surface area contributed by atoms with Crippen molar-refractivity contribution in [3.05, 3.63) is 29.3 Å². The van der Waals surface area contributed by atoms with E-state index in [9.17, 15) is 0 Å². The van der Waals surface area contributed by atoms with E-state index in [4.69, 9.17) is 4.74 Å². The molecule has 0 atom stereocenters. The Labute approximate surface area is 116 Å². The van der Waals surface area contributed by atoms with Crippen molar-refractivity contribution in [1.82, 2.24) is 5.32 Å². The van der Waals surface area contributed by atoms with E-state index in [-0.39, 0.29) is 0 Å². The van der Waals surface area contributed by atoms with Crippen LogP contribution in [-0.4, -0.2) is 19.7 Å². The number of rotatable bonds is 6. The molecule has 2 aliphatic rings. The van der Waals surface area contributed by atoms with Crippen molar-refractivity contribution >= 4 is 0 Å². The van der Waals surface area contributed by atoms with E-state index >= 15 is 0 Å². The molecule has 0 unspecified atom stereocenters. The van der Waals surface area contributed by atoms with Crippen LogP contribution in [0, 0.1) is 5.41 Å². The summed E-state index contributed by atoms with van der Waals surface area (Å²) in [5.74, 6) is 1.09. The summed E-state index contributed by atoms with van der Waals surface area (Å²) in [6.07, 6.45) is 7.82. The summed E-state index contributed by atoms with van der Waals surface area (Å²) in [5.41, 5.74) is 3.46. The second kappa shape index (κ2) is 5.54. The molecule has 1 N–H and O–H groups in total. The van der Waals surface area contributed by atoms with Crippen molar-refractivity contribution in [2.24, 2.45) is 5.41 Å². The summed E-state index contributed by atoms with van der Waals surface area (Å²) < 4.78 is 5.54. The molecule has 1 saturated carbocycles. The number of nitrogens with one attached hydrogen (secondary N) is 1. The van der Waals surface area contributed by atoms with Gasteiger partial charge in [-0.15, -0.1) is 0 Å². The van der Waals surface area contributed by atoms with E-state index in [2.05, 4.69) is 30.4 Å². The van der Waals surface area contributed by atoms with Crippen LogP contribution in [0.15, 0.2) is 18.2 Å². The number of benzene rings is 1. The van der Waals surface area contributed by atoms with Crippen molar-refractivity contribution in [3.8, 4) is 5.75 Å². The Morgan fingerprint density at radius 2 is 2.21 bits per heavy atom. The molecule has 0 aromatic heterocycles. The van der Waals surface area contributed by atoms with Crippen LogP contribution in [0.3, 0.4) is 0 Å². The summed E-state index contributed by atoms with van der Waals surface area (Å²) >= 11 is 0. The lowest BCUT2D eigenvalue weighted by molar-refractivity contribution is 0.124. The first-order valence-corrected chi connectivity index (χ1v) is 7.77. The van der Waals surface area contributed by atoms with Gasteiger partial charge in [-0.3, -0.25) is 0 Å². The Balaban J connectivity index is 1.45. The quantitative estimate of drug-likeness (QED) is 0.791. The molecule has 1 aliphatic carbocycles. The smallest absolute Gasteiger partial charge is 0.122 e. The third-order valence-corrected chi connectivity index (χ3v) is 5.01. The van der Waals surface area contributed by atoms with Crippen LogP contribution in [-0.2, 0) is 12.8 Å². The number of ether oxygens (including phenoxy) is 1. The molecule has 2 nitrogen and oxygen atoms in total. The van der Waals surface area contributed by atoms with Crippen molar-refractivity contribution in [2.45, 2.75) is 45.4 Å². The normalized spacial score (nSPS) is 19.6. The second-order valence-electron chi connectivity index (χ2n) is 6.17. The van der Waals surface area contributed by atoms with Crippen molar-refractivity contribution in [2.75, 3.05) is 19.7 Å². The molecule has 0 bridgehead atoms. The number of hydrogen-bond donors (Lipinski definition) is 1. The average Bonchev–Trinajstić information content (AvgIpc) is 2.84. The largest absolute Gasteiger partial charge is 0.493 e. The standard InChI is InChI=1S/C17H25NO/c1-2-17(8-3-9-17)13-18-10-6-14-4-5-16-15(12-14)7-11-19-16/h4-5,12,18H,2-3,6-11,13H2,1H3. The van der Waals surface area contributed by atoms with Gasteiger partial charge in [0.2, 0.25) is 0 Å². The monoisotopic (exact) mass is 259 g/mol. The molecule has 1 aromatic carbocycles. The summed E-state index contributed by atoms with van der Waals surface area (Å²) in [6, 6.07) is 6.67. The minimum absolute atomic E-state index is 0.631. The van der Waals surface area contributed by atoms with Gasteiger partial charge in [0.05, 0.1) is 6.61 Å². The Morgan fingerprint density at radius 3 is 2.95 bits per heavy atom. The number of fused-ring (bicyclic) bond motifs is 1. The van der Waals surface area contributed by atoms with Gasteiger partial charge < -0.3 is 10.1 Å². The molecule has 1 heterocycles. The fourth-order valence-electron chi connectivity index (χ4n) is 3.31. The molecule has 1 aliphatic heterocycles. The van der Waals surface area contributed by atoms with E-state index in [0.717, 1.165) is 31.7 Å². The average molecular weight is 259 g/mol. The first-order valence-electron chi connectivity index (χ1n) is 7.77. The molecular weight excluding hydrogens is 234 g/mol. The van der Waals surface area contributed by atoms with Crippen LogP contribution in [0.5, 0.6) is 5.75 Å². The zero-order valence-corrected chi connectivity index (χ0v) is 12.0. The molecule has 19 heavy (non-hydrogen) atoms. The fourth-order valence-corrected chi connectivity index (χ4v) is 3.31. The third kappa shape index (κ3) is 2.79. The van der Waals surface area contributed by atoms with Gasteiger partial charge in [0.15, 0.2) is 0 Å². The van der Waals surface area contributed by atoms with Gasteiger partial charge in [0.1, 0.15) is 5.75 Å². The van der Waals surface area contributed by atoms with Crippen LogP contribution in [0.1, 0.15) is 43.7 Å². The van der Waals surface area contributed by atoms with Crippen LogP contribution in [0.2, 0.25) is 0 Å². The van der Waals surface area contributed by atoms with Gasteiger partial charge in [0, 0.05) is 13.0 Å². The molecule has 1 aromatic rings. The van der Waals surface area contributed by atoms with E-state index in [0.29, 0.717) is 5.41 Å². The molecule has 0 spiro atoms. The lowest BCUT2D eigenvalue weighted by Crippen LogP contribution is -2.40. The van der Waals surface area contributed by atoms with Gasteiger partial charge in [0.25, 0.3) is 0 Å². The maximum Gasteiger partial charge on any atom is 0.122 e. The van der Waals surface area contributed by atoms with E-state index in [1.54, 1.807) is 0 Å². The Bertz CT molecular complexity index is 431. The first-order chi connectivity index (χ1) is 9.31. The highest BCUT2D eigenvalue weighted by molar-refractivity contribution is 5.39. The lowest BCUT2D eigenvalue weighted by Gasteiger charge is -2.41. The van der Waals surface area contributed by atoms with Gasteiger partial charge in [-0.1, -0.05) is 25.5 Å². The summed E-state index contributed by atoms with van der Waals surface area (Å²) in [4.78, 5) is 0. The minimum atomic E-state index is 0.631. The van der Waals surface area contributed by atoms with Gasteiger partial charge in [-0.2, -0.15) is 0 Å². The second-order valence-corrected chi connectivity index (χ2v) is 6.17. The van der Waals surface area contributed by atoms with Gasteiger partial charge in [-0.05, 0) is 54.8 Å². The highest BCUT2D eigenvalue weighted by Crippen LogP contribution is 2.42. The Morgan fingerprint density at radius 1 is 1.32 bits per heavy atom. The van der Waals surface area contributed by atoms with Crippen molar-refractivity contribution in [1.29, 1.82) is 0 Å². The molecule has 104 valence electrons. The predicted octanol–water partition coefficient (Wildman–Crippen LogP) is 3.33. The van der Waals surface area contributed by atoms with Crippen LogP contribution in [0.4, 0.5) is 0 Å². The Hall–Kier alpha value is -1.02. The van der Waals surface area contributed by atoms with Gasteiger partial charge >= 0.3 is 0 Å². The van der Waals surface area contributed by atoms with Gasteiger partial charge in [-0.25, -0.2) is 0 Å². The topological polar surface area (TPSA) is 21.3 Å². The summed E-state index contributed by atoms with van der Waals surface area (Å²) in [7, 11) is 0. The molecule has 0 saturated heterocycles. The maximum absolute atomic E-state index is 5.54. The molecule has 0 radical (unpaired) electrons. The summed E-state index contributed by atoms with van der Waals surface area (Å²) in [6.45, 7) is 5.50. The first kappa shape index (κ1) is 13.0. The molecule has 2 heteroatoms. The van der Waals surface area contributed by atoms with Crippen LogP contribution in [0.25, 0.3) is 0 Å². The maximum atomic E-state index is 5.54. The number of hydrogen-bond acceptors (Lipinski definition) is 2. The molecule has 3 rings (SSSR count). The highest BCUT2D eigenvalue weighted by Gasteiger charge is 2.34. The van der Waals surface area contributed by atoms with Crippen molar-refractivity contribution in [3.63, 3.8) is 0 Å². The lowest BCUT2D eigenvalue weighted by atomic mass is 9.67. The molecular formula is C17H25NO. The van der Waals surface area contributed by atoms with E-state index < -0.39 is 0 Å². The van der Waals surface area contributed by atoms with Crippen LogP contribution >= 0.6 is 0 Å². The molecule has 1 fully saturated rings. The van der Waals surface area contributed by atoms with E-state index in [1.807, 2.05) is 0 Å².